The predicted molar refractivity (Wildman–Crippen MR) is 113 cm³/mol. The molecular formula is C22H46O6. The lowest BCUT2D eigenvalue weighted by atomic mass is 9.91. The number of aliphatic hydroxyl groups excluding tert-OH is 4. The largest absolute Gasteiger partial charge is 0.481 e. The molecule has 0 spiro atoms. The van der Waals surface area contributed by atoms with E-state index in [-0.39, 0.29) is 0 Å². The lowest BCUT2D eigenvalue weighted by molar-refractivity contribution is -0.138. The van der Waals surface area contributed by atoms with Crippen LogP contribution in [0.25, 0.3) is 0 Å². The maximum absolute atomic E-state index is 10.9. The highest BCUT2D eigenvalue weighted by Crippen LogP contribution is 2.21. The van der Waals surface area contributed by atoms with Gasteiger partial charge in [0.25, 0.3) is 0 Å². The van der Waals surface area contributed by atoms with E-state index in [2.05, 4.69) is 13.8 Å². The monoisotopic (exact) mass is 406 g/mol. The zero-order valence-corrected chi connectivity index (χ0v) is 18.2. The Morgan fingerprint density at radius 2 is 1.04 bits per heavy atom. The maximum Gasteiger partial charge on any atom is 0.303 e. The Bertz CT molecular complexity index is 313. The molecule has 28 heavy (non-hydrogen) atoms. The number of aliphatic hydroxyl groups is 4. The van der Waals surface area contributed by atoms with Gasteiger partial charge in [-0.1, -0.05) is 78.1 Å². The summed E-state index contributed by atoms with van der Waals surface area (Å²) in [4.78, 5) is 10.9. The quantitative estimate of drug-likeness (QED) is 0.221. The lowest BCUT2D eigenvalue weighted by Crippen LogP contribution is -2.37. The maximum atomic E-state index is 10.9. The molecule has 0 aliphatic carbocycles. The predicted octanol–water partition coefficient (Wildman–Crippen LogP) is 3.74. The number of rotatable bonds is 18. The first-order valence-electron chi connectivity index (χ1n) is 11.1. The second kappa shape index (κ2) is 21.0. The van der Waals surface area contributed by atoms with Crippen LogP contribution in [0.5, 0.6) is 0 Å². The summed E-state index contributed by atoms with van der Waals surface area (Å²) < 4.78 is 0. The molecule has 0 saturated heterocycles. The van der Waals surface area contributed by atoms with Crippen LogP contribution in [0.3, 0.4) is 0 Å². The molecule has 0 fully saturated rings. The third-order valence-electron chi connectivity index (χ3n) is 5.24. The lowest BCUT2D eigenvalue weighted by Gasteiger charge is -2.23. The molecule has 0 rings (SSSR count). The molecule has 0 aromatic rings. The van der Waals surface area contributed by atoms with Gasteiger partial charge in [0.15, 0.2) is 0 Å². The van der Waals surface area contributed by atoms with Gasteiger partial charge in [0.05, 0.1) is 31.8 Å². The number of carboxylic acid groups (broad SMARTS) is 1. The highest BCUT2D eigenvalue weighted by Gasteiger charge is 2.26. The van der Waals surface area contributed by atoms with Crippen LogP contribution in [-0.4, -0.2) is 57.9 Å². The Balaban J connectivity index is 0. The molecule has 170 valence electrons. The van der Waals surface area contributed by atoms with E-state index in [0.29, 0.717) is 12.3 Å². The Morgan fingerprint density at radius 3 is 1.36 bits per heavy atom. The third-order valence-corrected chi connectivity index (χ3v) is 5.24. The normalized spacial score (nSPS) is 12.4. The Kier molecular flexibility index (Phi) is 22.2. The molecule has 0 heterocycles. The van der Waals surface area contributed by atoms with Crippen LogP contribution in [0.2, 0.25) is 0 Å². The van der Waals surface area contributed by atoms with Crippen molar-refractivity contribution in [1.29, 1.82) is 0 Å². The van der Waals surface area contributed by atoms with Gasteiger partial charge in [0, 0.05) is 6.42 Å². The van der Waals surface area contributed by atoms with Crippen molar-refractivity contribution in [2.45, 2.75) is 97.3 Å². The first-order valence-corrected chi connectivity index (χ1v) is 11.1. The van der Waals surface area contributed by atoms with Gasteiger partial charge in [0.1, 0.15) is 0 Å². The summed E-state index contributed by atoms with van der Waals surface area (Å²) in [6.45, 7) is 2.82. The van der Waals surface area contributed by atoms with Gasteiger partial charge in [-0.2, -0.15) is 0 Å². The minimum Gasteiger partial charge on any atom is -0.481 e. The van der Waals surface area contributed by atoms with Gasteiger partial charge in [-0.05, 0) is 18.8 Å². The summed E-state index contributed by atoms with van der Waals surface area (Å²) in [7, 11) is 0. The van der Waals surface area contributed by atoms with Gasteiger partial charge < -0.3 is 25.5 Å². The van der Waals surface area contributed by atoms with E-state index in [1.165, 1.54) is 64.2 Å². The standard InChI is InChI=1S/C17H34O2.C5H12O4/c1-3-5-7-9-10-12-14-16(15-17(18)19)13-11-8-6-4-2;6-1-5(2-7,3-8)4-9/h16H,3-15H2,1-2H3,(H,18,19);6-9H,1-4H2. The first kappa shape index (κ1) is 29.5. The Labute approximate surface area is 172 Å². The van der Waals surface area contributed by atoms with Crippen molar-refractivity contribution in [3.05, 3.63) is 0 Å². The highest BCUT2D eigenvalue weighted by atomic mass is 16.4. The first-order chi connectivity index (χ1) is 13.4. The van der Waals surface area contributed by atoms with Crippen LogP contribution in [0.15, 0.2) is 0 Å². The number of hydrogen-bond acceptors (Lipinski definition) is 5. The molecule has 0 aromatic carbocycles. The number of unbranched alkanes of at least 4 members (excludes halogenated alkanes) is 8. The molecule has 5 N–H and O–H groups in total. The molecule has 0 saturated carbocycles. The van der Waals surface area contributed by atoms with Crippen molar-refractivity contribution in [1.82, 2.24) is 0 Å². The fourth-order valence-electron chi connectivity index (χ4n) is 2.97. The van der Waals surface area contributed by atoms with Gasteiger partial charge in [-0.3, -0.25) is 4.79 Å². The summed E-state index contributed by atoms with van der Waals surface area (Å²) in [5.41, 5.74) is -1.11. The second-order valence-electron chi connectivity index (χ2n) is 8.00. The molecule has 0 aliphatic heterocycles. The molecule has 0 aliphatic rings. The van der Waals surface area contributed by atoms with Crippen LogP contribution in [0.1, 0.15) is 97.3 Å². The zero-order valence-electron chi connectivity index (χ0n) is 18.2. The highest BCUT2D eigenvalue weighted by molar-refractivity contribution is 5.66. The van der Waals surface area contributed by atoms with Crippen LogP contribution in [-0.2, 0) is 4.79 Å². The molecule has 0 radical (unpaired) electrons. The van der Waals surface area contributed by atoms with Crippen molar-refractivity contribution in [2.24, 2.45) is 11.3 Å². The van der Waals surface area contributed by atoms with E-state index in [1.54, 1.807) is 0 Å². The van der Waals surface area contributed by atoms with Gasteiger partial charge in [-0.15, -0.1) is 0 Å². The average molecular weight is 407 g/mol. The van der Waals surface area contributed by atoms with Crippen molar-refractivity contribution in [2.75, 3.05) is 26.4 Å². The Morgan fingerprint density at radius 1 is 0.679 bits per heavy atom. The number of hydrogen-bond donors (Lipinski definition) is 5. The minimum absolute atomic E-state index is 0.376. The fraction of sp³-hybridized carbons (Fsp3) is 0.955. The van der Waals surface area contributed by atoms with Gasteiger partial charge >= 0.3 is 5.97 Å². The van der Waals surface area contributed by atoms with Crippen LogP contribution in [0.4, 0.5) is 0 Å². The number of carboxylic acids is 1. The van der Waals surface area contributed by atoms with E-state index in [4.69, 9.17) is 25.5 Å². The van der Waals surface area contributed by atoms with E-state index in [1.807, 2.05) is 0 Å². The molecule has 1 unspecified atom stereocenters. The fourth-order valence-corrected chi connectivity index (χ4v) is 2.97. The molecule has 0 bridgehead atoms. The number of aliphatic carboxylic acids is 1. The molecule has 1 atom stereocenters. The molecule has 6 heteroatoms. The van der Waals surface area contributed by atoms with Crippen molar-refractivity contribution in [3.63, 3.8) is 0 Å². The molecule has 0 amide bonds. The molecule has 0 aromatic heterocycles. The second-order valence-corrected chi connectivity index (χ2v) is 8.00. The SMILES string of the molecule is CCCCCCCCC(CCCCCC)CC(=O)O.OCC(CO)(CO)CO. The van der Waals surface area contributed by atoms with E-state index in [9.17, 15) is 4.79 Å². The van der Waals surface area contributed by atoms with Crippen molar-refractivity contribution >= 4 is 5.97 Å². The minimum atomic E-state index is -1.11. The van der Waals surface area contributed by atoms with Crippen LogP contribution in [0, 0.1) is 11.3 Å². The Hall–Kier alpha value is -0.690. The summed E-state index contributed by atoms with van der Waals surface area (Å²) in [5.74, 6) is -0.202. The molecular weight excluding hydrogens is 360 g/mol. The van der Waals surface area contributed by atoms with E-state index in [0.717, 1.165) is 12.8 Å². The average Bonchev–Trinajstić information content (AvgIpc) is 2.70. The third kappa shape index (κ3) is 17.4. The van der Waals surface area contributed by atoms with Gasteiger partial charge in [-0.25, -0.2) is 0 Å². The number of carbonyl (C=O) groups is 1. The summed E-state index contributed by atoms with van der Waals surface area (Å²) >= 11 is 0. The topological polar surface area (TPSA) is 118 Å². The van der Waals surface area contributed by atoms with Crippen LogP contribution < -0.4 is 0 Å². The van der Waals surface area contributed by atoms with E-state index >= 15 is 0 Å². The summed E-state index contributed by atoms with van der Waals surface area (Å²) in [6, 6.07) is 0. The summed E-state index contributed by atoms with van der Waals surface area (Å²) in [5, 5.41) is 42.9. The van der Waals surface area contributed by atoms with Gasteiger partial charge in [0.2, 0.25) is 0 Å². The molecule has 6 nitrogen and oxygen atoms in total. The zero-order chi connectivity index (χ0) is 21.7. The smallest absolute Gasteiger partial charge is 0.303 e. The van der Waals surface area contributed by atoms with E-state index < -0.39 is 37.8 Å². The van der Waals surface area contributed by atoms with Crippen molar-refractivity contribution < 1.29 is 30.3 Å². The van der Waals surface area contributed by atoms with Crippen LogP contribution >= 0.6 is 0 Å². The van der Waals surface area contributed by atoms with Crippen molar-refractivity contribution in [3.8, 4) is 0 Å². The summed E-state index contributed by atoms with van der Waals surface area (Å²) in [6.07, 6.45) is 15.4.